The molecule has 1 atom stereocenters. The molecule has 2 nitrogen and oxygen atoms in total. The largest absolute Gasteiger partial charge is 0.494 e. The van der Waals surface area contributed by atoms with E-state index in [0.717, 1.165) is 5.56 Å². The van der Waals surface area contributed by atoms with E-state index >= 15 is 0 Å². The van der Waals surface area contributed by atoms with Crippen LogP contribution in [0.25, 0.3) is 0 Å². The standard InChI is InChI=1S/C16H17ClFNO/c1-20-15-4-2-3-12(16(15)18)10-14(19)9-11-5-7-13(17)8-6-11/h2-8,14H,9-10,19H2,1H3. The second-order valence-electron chi connectivity index (χ2n) is 4.73. The Morgan fingerprint density at radius 3 is 2.50 bits per heavy atom. The predicted octanol–water partition coefficient (Wildman–Crippen LogP) is 3.60. The maximum Gasteiger partial charge on any atom is 0.168 e. The third-order valence-electron chi connectivity index (χ3n) is 3.16. The van der Waals surface area contributed by atoms with Gasteiger partial charge in [0.25, 0.3) is 0 Å². The van der Waals surface area contributed by atoms with Crippen LogP contribution in [-0.4, -0.2) is 13.2 Å². The minimum atomic E-state index is -0.332. The summed E-state index contributed by atoms with van der Waals surface area (Å²) in [5, 5.41) is 0.696. The minimum Gasteiger partial charge on any atom is -0.494 e. The van der Waals surface area contributed by atoms with Crippen molar-refractivity contribution in [2.75, 3.05) is 7.11 Å². The number of rotatable bonds is 5. The normalized spacial score (nSPS) is 12.2. The van der Waals surface area contributed by atoms with E-state index in [1.807, 2.05) is 24.3 Å². The van der Waals surface area contributed by atoms with E-state index in [1.165, 1.54) is 7.11 Å². The number of methoxy groups -OCH3 is 1. The Bertz CT molecular complexity index is 571. The molecule has 2 aromatic carbocycles. The summed E-state index contributed by atoms with van der Waals surface area (Å²) in [7, 11) is 1.45. The summed E-state index contributed by atoms with van der Waals surface area (Å²) in [6.45, 7) is 0. The lowest BCUT2D eigenvalue weighted by atomic mass is 9.99. The van der Waals surface area contributed by atoms with Crippen LogP contribution >= 0.6 is 11.6 Å². The highest BCUT2D eigenvalue weighted by Gasteiger charge is 2.12. The van der Waals surface area contributed by atoms with Gasteiger partial charge in [-0.1, -0.05) is 35.9 Å². The summed E-state index contributed by atoms with van der Waals surface area (Å²) < 4.78 is 19.0. The van der Waals surface area contributed by atoms with Crippen molar-refractivity contribution in [3.8, 4) is 5.75 Å². The maximum atomic E-state index is 14.0. The van der Waals surface area contributed by atoms with Crippen molar-refractivity contribution in [3.05, 3.63) is 64.4 Å². The molecule has 0 bridgehead atoms. The maximum absolute atomic E-state index is 14.0. The monoisotopic (exact) mass is 293 g/mol. The van der Waals surface area contributed by atoms with Gasteiger partial charge in [-0.05, 0) is 42.2 Å². The highest BCUT2D eigenvalue weighted by Crippen LogP contribution is 2.21. The molecule has 2 aromatic rings. The third-order valence-corrected chi connectivity index (χ3v) is 3.41. The molecular formula is C16H17ClFNO. The average molecular weight is 294 g/mol. The van der Waals surface area contributed by atoms with Gasteiger partial charge in [-0.2, -0.15) is 0 Å². The molecule has 0 saturated carbocycles. The van der Waals surface area contributed by atoms with Crippen LogP contribution in [0.3, 0.4) is 0 Å². The van der Waals surface area contributed by atoms with Crippen molar-refractivity contribution in [3.63, 3.8) is 0 Å². The van der Waals surface area contributed by atoms with Gasteiger partial charge in [-0.15, -0.1) is 0 Å². The van der Waals surface area contributed by atoms with E-state index in [9.17, 15) is 4.39 Å². The Balaban J connectivity index is 2.04. The Kier molecular flexibility index (Phi) is 4.99. The van der Waals surface area contributed by atoms with Gasteiger partial charge < -0.3 is 10.5 Å². The summed E-state index contributed by atoms with van der Waals surface area (Å²) in [5.41, 5.74) is 7.76. The van der Waals surface area contributed by atoms with Gasteiger partial charge in [0.05, 0.1) is 7.11 Å². The van der Waals surface area contributed by atoms with Gasteiger partial charge in [0.15, 0.2) is 11.6 Å². The van der Waals surface area contributed by atoms with Crippen molar-refractivity contribution in [2.45, 2.75) is 18.9 Å². The molecule has 0 aliphatic carbocycles. The first kappa shape index (κ1) is 14.8. The molecule has 106 valence electrons. The quantitative estimate of drug-likeness (QED) is 0.914. The molecule has 0 amide bonds. The van der Waals surface area contributed by atoms with Crippen LogP contribution in [0.5, 0.6) is 5.75 Å². The zero-order valence-corrected chi connectivity index (χ0v) is 12.0. The van der Waals surface area contributed by atoms with Crippen LogP contribution in [0, 0.1) is 5.82 Å². The lowest BCUT2D eigenvalue weighted by molar-refractivity contribution is 0.383. The molecule has 0 aliphatic rings. The molecule has 0 saturated heterocycles. The molecule has 20 heavy (non-hydrogen) atoms. The van der Waals surface area contributed by atoms with Gasteiger partial charge in [0, 0.05) is 11.1 Å². The van der Waals surface area contributed by atoms with Crippen LogP contribution in [0.2, 0.25) is 5.02 Å². The molecule has 0 aliphatic heterocycles. The molecule has 0 heterocycles. The number of ether oxygens (including phenoxy) is 1. The van der Waals surface area contributed by atoms with Gasteiger partial charge >= 0.3 is 0 Å². The molecule has 1 unspecified atom stereocenters. The van der Waals surface area contributed by atoms with Crippen LogP contribution in [0.15, 0.2) is 42.5 Å². The number of hydrogen-bond donors (Lipinski definition) is 1. The second-order valence-corrected chi connectivity index (χ2v) is 5.16. The zero-order valence-electron chi connectivity index (χ0n) is 11.3. The fourth-order valence-electron chi connectivity index (χ4n) is 2.15. The van der Waals surface area contributed by atoms with Gasteiger partial charge in [0.2, 0.25) is 0 Å². The summed E-state index contributed by atoms with van der Waals surface area (Å²) in [6.07, 6.45) is 1.14. The van der Waals surface area contributed by atoms with Crippen molar-refractivity contribution < 1.29 is 9.13 Å². The van der Waals surface area contributed by atoms with Gasteiger partial charge in [0.1, 0.15) is 0 Å². The van der Waals surface area contributed by atoms with Crippen LogP contribution in [0.1, 0.15) is 11.1 Å². The smallest absolute Gasteiger partial charge is 0.168 e. The predicted molar refractivity (Wildman–Crippen MR) is 79.8 cm³/mol. The van der Waals surface area contributed by atoms with Crippen molar-refractivity contribution in [1.29, 1.82) is 0 Å². The Morgan fingerprint density at radius 2 is 1.85 bits per heavy atom. The Morgan fingerprint density at radius 1 is 1.15 bits per heavy atom. The topological polar surface area (TPSA) is 35.2 Å². The van der Waals surface area contributed by atoms with Crippen molar-refractivity contribution >= 4 is 11.6 Å². The summed E-state index contributed by atoms with van der Waals surface area (Å²) >= 11 is 5.84. The van der Waals surface area contributed by atoms with E-state index in [1.54, 1.807) is 18.2 Å². The van der Waals surface area contributed by atoms with E-state index in [4.69, 9.17) is 22.1 Å². The van der Waals surface area contributed by atoms with Gasteiger partial charge in [-0.25, -0.2) is 4.39 Å². The summed E-state index contributed by atoms with van der Waals surface area (Å²) in [5.74, 6) is -0.0808. The Hall–Kier alpha value is -1.58. The first-order valence-corrected chi connectivity index (χ1v) is 6.79. The lowest BCUT2D eigenvalue weighted by Gasteiger charge is -2.13. The number of hydrogen-bond acceptors (Lipinski definition) is 2. The average Bonchev–Trinajstić information content (AvgIpc) is 2.44. The van der Waals surface area contributed by atoms with Crippen LogP contribution < -0.4 is 10.5 Å². The van der Waals surface area contributed by atoms with E-state index < -0.39 is 0 Å². The Labute approximate surface area is 123 Å². The van der Waals surface area contributed by atoms with E-state index in [2.05, 4.69) is 0 Å². The zero-order chi connectivity index (χ0) is 14.5. The lowest BCUT2D eigenvalue weighted by Crippen LogP contribution is -2.26. The fraction of sp³-hybridized carbons (Fsp3) is 0.250. The molecule has 2 rings (SSSR count). The van der Waals surface area contributed by atoms with E-state index in [-0.39, 0.29) is 17.6 Å². The van der Waals surface area contributed by atoms with Crippen LogP contribution in [-0.2, 0) is 12.8 Å². The molecular weight excluding hydrogens is 277 g/mol. The summed E-state index contributed by atoms with van der Waals surface area (Å²) in [4.78, 5) is 0. The van der Waals surface area contributed by atoms with Crippen molar-refractivity contribution in [1.82, 2.24) is 0 Å². The molecule has 0 fully saturated rings. The molecule has 0 aromatic heterocycles. The van der Waals surface area contributed by atoms with Crippen molar-refractivity contribution in [2.24, 2.45) is 5.73 Å². The number of halogens is 2. The fourth-order valence-corrected chi connectivity index (χ4v) is 2.28. The van der Waals surface area contributed by atoms with Crippen LogP contribution in [0.4, 0.5) is 4.39 Å². The highest BCUT2D eigenvalue weighted by atomic mass is 35.5. The molecule has 2 N–H and O–H groups in total. The number of benzene rings is 2. The number of nitrogens with two attached hydrogens (primary N) is 1. The molecule has 0 radical (unpaired) electrons. The summed E-state index contributed by atoms with van der Waals surface area (Å²) in [6, 6.07) is 12.5. The highest BCUT2D eigenvalue weighted by molar-refractivity contribution is 6.30. The van der Waals surface area contributed by atoms with E-state index in [0.29, 0.717) is 23.4 Å². The molecule has 4 heteroatoms. The second kappa shape index (κ2) is 6.73. The molecule has 0 spiro atoms. The first-order chi connectivity index (χ1) is 9.60. The first-order valence-electron chi connectivity index (χ1n) is 6.41. The SMILES string of the molecule is COc1cccc(CC(N)Cc2ccc(Cl)cc2)c1F. The third kappa shape index (κ3) is 3.71. The minimum absolute atomic E-state index is 0.155. The van der Waals surface area contributed by atoms with Gasteiger partial charge in [-0.3, -0.25) is 0 Å².